The first-order valence-electron chi connectivity index (χ1n) is 7.78. The van der Waals surface area contributed by atoms with Crippen molar-refractivity contribution < 1.29 is 0 Å². The van der Waals surface area contributed by atoms with Crippen LogP contribution >= 0.6 is 0 Å². The number of unbranched alkanes of at least 4 members (excludes halogenated alkanes) is 12. The molecule has 0 aromatic rings. The van der Waals surface area contributed by atoms with Crippen LogP contribution in [0.15, 0.2) is 12.3 Å². The van der Waals surface area contributed by atoms with Crippen molar-refractivity contribution in [1.82, 2.24) is 0 Å². The summed E-state index contributed by atoms with van der Waals surface area (Å²) < 4.78 is 0. The van der Waals surface area contributed by atoms with Gasteiger partial charge in [-0.25, -0.2) is 0 Å². The molecule has 0 bridgehead atoms. The number of rotatable bonds is 13. The summed E-state index contributed by atoms with van der Waals surface area (Å²) in [6.45, 7) is 2.28. The standard InChI is InChI=1S/C16H33N/c1-2-3-4-5-6-7-8-9-10-11-12-13-14-15-16-17/h15-16H,2-14,17H2,1H3/b16-15+. The third-order valence-corrected chi connectivity index (χ3v) is 3.36. The predicted octanol–water partition coefficient (Wildman–Crippen LogP) is 5.55. The SMILES string of the molecule is CCCCCCCCCCCCCC/C=C/N. The lowest BCUT2D eigenvalue weighted by Crippen LogP contribution is -1.82. The average molecular weight is 239 g/mol. The highest BCUT2D eigenvalue weighted by molar-refractivity contribution is 4.74. The third-order valence-electron chi connectivity index (χ3n) is 3.36. The van der Waals surface area contributed by atoms with Crippen molar-refractivity contribution in [3.8, 4) is 0 Å². The molecule has 0 radical (unpaired) electrons. The monoisotopic (exact) mass is 239 g/mol. The zero-order chi connectivity index (χ0) is 12.6. The Kier molecular flexibility index (Phi) is 15.1. The van der Waals surface area contributed by atoms with Crippen molar-refractivity contribution in [2.24, 2.45) is 5.73 Å². The summed E-state index contributed by atoms with van der Waals surface area (Å²) in [7, 11) is 0. The Morgan fingerprint density at radius 3 is 1.47 bits per heavy atom. The maximum absolute atomic E-state index is 5.29. The van der Waals surface area contributed by atoms with Crippen LogP contribution in [0.3, 0.4) is 0 Å². The van der Waals surface area contributed by atoms with Crippen LogP contribution in [-0.2, 0) is 0 Å². The summed E-state index contributed by atoms with van der Waals surface area (Å²) >= 11 is 0. The van der Waals surface area contributed by atoms with Crippen molar-refractivity contribution in [1.29, 1.82) is 0 Å². The van der Waals surface area contributed by atoms with Gasteiger partial charge in [0, 0.05) is 0 Å². The summed E-state index contributed by atoms with van der Waals surface area (Å²) in [4.78, 5) is 0. The minimum Gasteiger partial charge on any atom is -0.405 e. The van der Waals surface area contributed by atoms with E-state index in [2.05, 4.69) is 13.0 Å². The maximum atomic E-state index is 5.29. The van der Waals surface area contributed by atoms with E-state index < -0.39 is 0 Å². The van der Waals surface area contributed by atoms with Crippen LogP contribution in [0.5, 0.6) is 0 Å². The minimum atomic E-state index is 1.16. The smallest absolute Gasteiger partial charge is 0.0103 e. The van der Waals surface area contributed by atoms with Crippen molar-refractivity contribution in [2.75, 3.05) is 0 Å². The molecular formula is C16H33N. The molecule has 0 heterocycles. The Morgan fingerprint density at radius 2 is 1.06 bits per heavy atom. The molecule has 0 saturated carbocycles. The molecule has 0 spiro atoms. The van der Waals surface area contributed by atoms with E-state index in [9.17, 15) is 0 Å². The van der Waals surface area contributed by atoms with Crippen molar-refractivity contribution in [3.63, 3.8) is 0 Å². The van der Waals surface area contributed by atoms with E-state index in [4.69, 9.17) is 5.73 Å². The Morgan fingerprint density at radius 1 is 0.647 bits per heavy atom. The Labute approximate surface area is 109 Å². The van der Waals surface area contributed by atoms with Gasteiger partial charge in [-0.05, 0) is 19.0 Å². The highest BCUT2D eigenvalue weighted by Gasteiger charge is 1.92. The first kappa shape index (κ1) is 16.5. The van der Waals surface area contributed by atoms with Gasteiger partial charge in [0.15, 0.2) is 0 Å². The van der Waals surface area contributed by atoms with Gasteiger partial charge in [0.25, 0.3) is 0 Å². The molecule has 0 fully saturated rings. The number of hydrogen-bond donors (Lipinski definition) is 1. The minimum absolute atomic E-state index is 1.16. The van der Waals surface area contributed by atoms with Crippen LogP contribution in [0.4, 0.5) is 0 Å². The topological polar surface area (TPSA) is 26.0 Å². The fraction of sp³-hybridized carbons (Fsp3) is 0.875. The summed E-state index contributed by atoms with van der Waals surface area (Å²) in [6.07, 6.45) is 21.9. The summed E-state index contributed by atoms with van der Waals surface area (Å²) in [6, 6.07) is 0. The van der Waals surface area contributed by atoms with Crippen molar-refractivity contribution in [2.45, 2.75) is 90.4 Å². The van der Waals surface area contributed by atoms with Gasteiger partial charge in [0.1, 0.15) is 0 Å². The number of nitrogens with two attached hydrogens (primary N) is 1. The summed E-state index contributed by atoms with van der Waals surface area (Å²) in [5.41, 5.74) is 5.29. The molecule has 1 nitrogen and oxygen atoms in total. The molecule has 2 N–H and O–H groups in total. The molecule has 0 rings (SSSR count). The maximum Gasteiger partial charge on any atom is -0.0103 e. The van der Waals surface area contributed by atoms with Gasteiger partial charge in [-0.3, -0.25) is 0 Å². The molecule has 0 unspecified atom stereocenters. The van der Waals surface area contributed by atoms with Crippen LogP contribution in [-0.4, -0.2) is 0 Å². The molecule has 0 aliphatic heterocycles. The van der Waals surface area contributed by atoms with Crippen molar-refractivity contribution in [3.05, 3.63) is 12.3 Å². The van der Waals surface area contributed by atoms with E-state index in [0.717, 1.165) is 6.42 Å². The van der Waals surface area contributed by atoms with E-state index in [1.807, 2.05) is 0 Å². The lowest BCUT2D eigenvalue weighted by atomic mass is 10.0. The van der Waals surface area contributed by atoms with Crippen molar-refractivity contribution >= 4 is 0 Å². The zero-order valence-corrected chi connectivity index (χ0v) is 11.9. The van der Waals surface area contributed by atoms with E-state index in [0.29, 0.717) is 0 Å². The van der Waals surface area contributed by atoms with Gasteiger partial charge in [-0.2, -0.15) is 0 Å². The Balaban J connectivity index is 2.89. The van der Waals surface area contributed by atoms with Gasteiger partial charge >= 0.3 is 0 Å². The van der Waals surface area contributed by atoms with Gasteiger partial charge in [0.05, 0.1) is 0 Å². The molecule has 0 aliphatic rings. The van der Waals surface area contributed by atoms with Crippen LogP contribution in [0.2, 0.25) is 0 Å². The fourth-order valence-electron chi connectivity index (χ4n) is 2.20. The lowest BCUT2D eigenvalue weighted by Gasteiger charge is -2.02. The van der Waals surface area contributed by atoms with Crippen LogP contribution < -0.4 is 5.73 Å². The second-order valence-corrected chi connectivity index (χ2v) is 5.11. The molecule has 17 heavy (non-hydrogen) atoms. The molecule has 0 aromatic carbocycles. The summed E-state index contributed by atoms with van der Waals surface area (Å²) in [5.74, 6) is 0. The van der Waals surface area contributed by atoms with E-state index >= 15 is 0 Å². The largest absolute Gasteiger partial charge is 0.405 e. The quantitative estimate of drug-likeness (QED) is 0.419. The highest BCUT2D eigenvalue weighted by Crippen LogP contribution is 2.12. The van der Waals surface area contributed by atoms with E-state index in [1.165, 1.54) is 77.0 Å². The first-order chi connectivity index (χ1) is 8.41. The zero-order valence-electron chi connectivity index (χ0n) is 11.9. The molecule has 0 saturated heterocycles. The normalized spacial score (nSPS) is 11.4. The molecule has 0 aliphatic carbocycles. The lowest BCUT2D eigenvalue weighted by molar-refractivity contribution is 0.545. The molecular weight excluding hydrogens is 206 g/mol. The second-order valence-electron chi connectivity index (χ2n) is 5.11. The molecule has 0 atom stereocenters. The molecule has 0 amide bonds. The first-order valence-corrected chi connectivity index (χ1v) is 7.78. The molecule has 0 aromatic heterocycles. The number of allylic oxidation sites excluding steroid dienone is 1. The van der Waals surface area contributed by atoms with Gasteiger partial charge < -0.3 is 5.73 Å². The summed E-state index contributed by atoms with van der Waals surface area (Å²) in [5, 5.41) is 0. The van der Waals surface area contributed by atoms with Crippen LogP contribution in [0.1, 0.15) is 90.4 Å². The fourth-order valence-corrected chi connectivity index (χ4v) is 2.20. The van der Waals surface area contributed by atoms with Gasteiger partial charge in [0.2, 0.25) is 0 Å². The van der Waals surface area contributed by atoms with Crippen LogP contribution in [0, 0.1) is 0 Å². The van der Waals surface area contributed by atoms with Gasteiger partial charge in [-0.1, -0.05) is 83.6 Å². The third kappa shape index (κ3) is 15.5. The van der Waals surface area contributed by atoms with Gasteiger partial charge in [-0.15, -0.1) is 0 Å². The number of hydrogen-bond acceptors (Lipinski definition) is 1. The predicted molar refractivity (Wildman–Crippen MR) is 79.0 cm³/mol. The van der Waals surface area contributed by atoms with E-state index in [-0.39, 0.29) is 0 Å². The molecule has 102 valence electrons. The van der Waals surface area contributed by atoms with Crippen LogP contribution in [0.25, 0.3) is 0 Å². The average Bonchev–Trinajstić information content (AvgIpc) is 2.35. The van der Waals surface area contributed by atoms with E-state index in [1.54, 1.807) is 6.20 Å². The Bertz CT molecular complexity index is 152. The highest BCUT2D eigenvalue weighted by atomic mass is 14.5. The molecule has 1 heteroatoms. The second kappa shape index (κ2) is 15.5. The Hall–Kier alpha value is -0.460.